The largest absolute Gasteiger partial charge is 0.353 e. The molecule has 1 atom stereocenters. The maximum atomic E-state index is 12.9. The van der Waals surface area contributed by atoms with Gasteiger partial charge in [0.2, 0.25) is 11.8 Å². The molecule has 1 aliphatic heterocycles. The van der Waals surface area contributed by atoms with Crippen LogP contribution in [-0.2, 0) is 19.4 Å². The lowest BCUT2D eigenvalue weighted by Crippen LogP contribution is -2.38. The minimum absolute atomic E-state index is 0.0585. The van der Waals surface area contributed by atoms with Crippen molar-refractivity contribution < 1.29 is 18.0 Å². The Morgan fingerprint density at radius 3 is 2.78 bits per heavy atom. The van der Waals surface area contributed by atoms with Crippen LogP contribution in [0.25, 0.3) is 0 Å². The van der Waals surface area contributed by atoms with Crippen molar-refractivity contribution in [3.8, 4) is 0 Å². The molecular weight excluding hydrogens is 384 g/mol. The summed E-state index contributed by atoms with van der Waals surface area (Å²) < 4.78 is 25.8. The van der Waals surface area contributed by atoms with Gasteiger partial charge < -0.3 is 10.6 Å². The zero-order chi connectivity index (χ0) is 19.4. The third-order valence-electron chi connectivity index (χ3n) is 5.11. The molecule has 1 aliphatic carbocycles. The Balaban J connectivity index is 1.69. The Bertz CT molecular complexity index is 817. The lowest BCUT2D eigenvalue weighted by molar-refractivity contribution is -0.122. The van der Waals surface area contributed by atoms with E-state index in [2.05, 4.69) is 10.6 Å². The molecule has 1 heterocycles. The summed E-state index contributed by atoms with van der Waals surface area (Å²) in [5.74, 6) is 0.343. The van der Waals surface area contributed by atoms with Crippen molar-refractivity contribution in [2.24, 2.45) is 0 Å². The molecular formula is C19H26N2O4S2. The maximum Gasteiger partial charge on any atom is 0.225 e. The van der Waals surface area contributed by atoms with Gasteiger partial charge in [-0.2, -0.15) is 0 Å². The SMILES string of the molecule is C[C@H](CC(=O)NC1CCCCC1)S(=O)(=O)c1ccc2c(c1)NC(=O)CCS2. The fourth-order valence-electron chi connectivity index (χ4n) is 3.51. The van der Waals surface area contributed by atoms with Crippen LogP contribution in [0.5, 0.6) is 0 Å². The van der Waals surface area contributed by atoms with E-state index in [0.29, 0.717) is 17.9 Å². The number of hydrogen-bond acceptors (Lipinski definition) is 5. The minimum atomic E-state index is -3.66. The minimum Gasteiger partial charge on any atom is -0.353 e. The first-order valence-corrected chi connectivity index (χ1v) is 12.0. The molecule has 2 amide bonds. The summed E-state index contributed by atoms with van der Waals surface area (Å²) in [6, 6.07) is 4.97. The zero-order valence-electron chi connectivity index (χ0n) is 15.5. The molecule has 2 N–H and O–H groups in total. The van der Waals surface area contributed by atoms with Crippen LogP contribution in [0.3, 0.4) is 0 Å². The molecule has 1 fully saturated rings. The van der Waals surface area contributed by atoms with Gasteiger partial charge in [0.1, 0.15) is 0 Å². The fourth-order valence-corrected chi connectivity index (χ4v) is 5.82. The number of nitrogens with one attached hydrogen (secondary N) is 2. The molecule has 0 spiro atoms. The third-order valence-corrected chi connectivity index (χ3v) is 8.33. The van der Waals surface area contributed by atoms with Crippen LogP contribution in [0.1, 0.15) is 51.9 Å². The van der Waals surface area contributed by atoms with Crippen LogP contribution in [0.2, 0.25) is 0 Å². The second-order valence-electron chi connectivity index (χ2n) is 7.27. The number of hydrogen-bond donors (Lipinski definition) is 2. The number of thioether (sulfide) groups is 1. The molecule has 27 heavy (non-hydrogen) atoms. The highest BCUT2D eigenvalue weighted by atomic mass is 32.2. The van der Waals surface area contributed by atoms with Gasteiger partial charge in [0.25, 0.3) is 0 Å². The molecule has 0 saturated heterocycles. The van der Waals surface area contributed by atoms with Crippen molar-refractivity contribution in [2.75, 3.05) is 11.1 Å². The van der Waals surface area contributed by atoms with Crippen LogP contribution in [-0.4, -0.2) is 37.3 Å². The van der Waals surface area contributed by atoms with Gasteiger partial charge in [0.15, 0.2) is 9.84 Å². The van der Waals surface area contributed by atoms with Crippen LogP contribution in [0.15, 0.2) is 28.0 Å². The standard InChI is InChI=1S/C19H26N2O4S2/c1-13(11-19(23)20-14-5-3-2-4-6-14)27(24,25)15-7-8-17-16(12-15)21-18(22)9-10-26-17/h7-8,12-14H,2-6,9-11H2,1H3,(H,20,23)(H,21,22)/t13-/m1/s1. The van der Waals surface area contributed by atoms with E-state index in [1.165, 1.54) is 24.2 Å². The zero-order valence-corrected chi connectivity index (χ0v) is 17.1. The summed E-state index contributed by atoms with van der Waals surface area (Å²) in [5.41, 5.74) is 0.530. The second-order valence-corrected chi connectivity index (χ2v) is 10.8. The Labute approximate surface area is 164 Å². The van der Waals surface area contributed by atoms with E-state index in [-0.39, 0.29) is 29.2 Å². The van der Waals surface area contributed by atoms with Gasteiger partial charge in [0.05, 0.1) is 15.8 Å². The van der Waals surface area contributed by atoms with Crippen molar-refractivity contribution in [3.63, 3.8) is 0 Å². The first-order chi connectivity index (χ1) is 12.9. The monoisotopic (exact) mass is 410 g/mol. The van der Waals surface area contributed by atoms with Crippen LogP contribution >= 0.6 is 11.8 Å². The van der Waals surface area contributed by atoms with Gasteiger partial charge in [-0.05, 0) is 38.0 Å². The first-order valence-electron chi connectivity index (χ1n) is 9.46. The number of carbonyl (C=O) groups is 2. The van der Waals surface area contributed by atoms with E-state index in [0.717, 1.165) is 30.6 Å². The summed E-state index contributed by atoms with van der Waals surface area (Å²) in [5, 5.41) is 4.91. The number of amides is 2. The molecule has 0 aromatic heterocycles. The predicted molar refractivity (Wildman–Crippen MR) is 107 cm³/mol. The van der Waals surface area contributed by atoms with Crippen molar-refractivity contribution >= 4 is 39.1 Å². The summed E-state index contributed by atoms with van der Waals surface area (Å²) in [7, 11) is -3.66. The smallest absolute Gasteiger partial charge is 0.225 e. The van der Waals surface area contributed by atoms with E-state index in [4.69, 9.17) is 0 Å². The highest BCUT2D eigenvalue weighted by molar-refractivity contribution is 7.99. The van der Waals surface area contributed by atoms with E-state index in [1.807, 2.05) is 0 Å². The van der Waals surface area contributed by atoms with Gasteiger partial charge in [0, 0.05) is 29.5 Å². The molecule has 0 unspecified atom stereocenters. The average Bonchev–Trinajstić information content (AvgIpc) is 2.82. The summed E-state index contributed by atoms with van der Waals surface area (Å²) >= 11 is 1.53. The van der Waals surface area contributed by atoms with E-state index in [9.17, 15) is 18.0 Å². The number of anilines is 1. The van der Waals surface area contributed by atoms with Crippen LogP contribution in [0.4, 0.5) is 5.69 Å². The molecule has 3 rings (SSSR count). The van der Waals surface area contributed by atoms with Crippen LogP contribution < -0.4 is 10.6 Å². The molecule has 0 bridgehead atoms. The van der Waals surface area contributed by atoms with E-state index >= 15 is 0 Å². The van der Waals surface area contributed by atoms with Crippen molar-refractivity contribution in [1.29, 1.82) is 0 Å². The number of fused-ring (bicyclic) bond motifs is 1. The lowest BCUT2D eigenvalue weighted by atomic mass is 9.95. The molecule has 2 aliphatic rings. The van der Waals surface area contributed by atoms with Gasteiger partial charge in [-0.1, -0.05) is 19.3 Å². The normalized spacial score (nSPS) is 19.5. The van der Waals surface area contributed by atoms with Gasteiger partial charge >= 0.3 is 0 Å². The topological polar surface area (TPSA) is 92.3 Å². The highest BCUT2D eigenvalue weighted by Gasteiger charge is 2.28. The van der Waals surface area contributed by atoms with Crippen molar-refractivity contribution in [2.45, 2.75) is 73.0 Å². The Morgan fingerprint density at radius 1 is 1.30 bits per heavy atom. The highest BCUT2D eigenvalue weighted by Crippen LogP contribution is 2.33. The Hall–Kier alpha value is -1.54. The van der Waals surface area contributed by atoms with Crippen molar-refractivity contribution in [1.82, 2.24) is 5.32 Å². The molecule has 1 saturated carbocycles. The molecule has 0 radical (unpaired) electrons. The predicted octanol–water partition coefficient (Wildman–Crippen LogP) is 3.12. The Kier molecular flexibility index (Phi) is 6.47. The van der Waals surface area contributed by atoms with Gasteiger partial charge in [-0.25, -0.2) is 8.42 Å². The van der Waals surface area contributed by atoms with Gasteiger partial charge in [-0.3, -0.25) is 9.59 Å². The van der Waals surface area contributed by atoms with Crippen LogP contribution in [0, 0.1) is 0 Å². The molecule has 6 nitrogen and oxygen atoms in total. The number of rotatable bonds is 5. The molecule has 1 aromatic carbocycles. The summed E-state index contributed by atoms with van der Waals surface area (Å²) in [6.45, 7) is 1.56. The molecule has 148 valence electrons. The quantitative estimate of drug-likeness (QED) is 0.778. The van der Waals surface area contributed by atoms with Gasteiger partial charge in [-0.15, -0.1) is 11.8 Å². The second kappa shape index (κ2) is 8.65. The summed E-state index contributed by atoms with van der Waals surface area (Å²) in [4.78, 5) is 25.0. The average molecular weight is 411 g/mol. The Morgan fingerprint density at radius 2 is 2.04 bits per heavy atom. The lowest BCUT2D eigenvalue weighted by Gasteiger charge is -2.23. The number of benzene rings is 1. The summed E-state index contributed by atoms with van der Waals surface area (Å²) in [6.07, 6.45) is 5.69. The van der Waals surface area contributed by atoms with E-state index in [1.54, 1.807) is 19.1 Å². The maximum absolute atomic E-state index is 12.9. The van der Waals surface area contributed by atoms with E-state index < -0.39 is 15.1 Å². The van der Waals surface area contributed by atoms with Crippen molar-refractivity contribution in [3.05, 3.63) is 18.2 Å². The first kappa shape index (κ1) is 20.2. The third kappa shape index (κ3) is 5.04. The number of carbonyl (C=O) groups excluding carboxylic acids is 2. The molecule has 8 heteroatoms. The number of sulfone groups is 1. The fraction of sp³-hybridized carbons (Fsp3) is 0.579. The molecule has 1 aromatic rings.